The van der Waals surface area contributed by atoms with Gasteiger partial charge in [-0.2, -0.15) is 0 Å². The molecule has 0 bridgehead atoms. The van der Waals surface area contributed by atoms with E-state index in [9.17, 15) is 32.5 Å². The van der Waals surface area contributed by atoms with Crippen LogP contribution in [-0.4, -0.2) is 67.7 Å². The Labute approximate surface area is 289 Å². The van der Waals surface area contributed by atoms with Crippen molar-refractivity contribution >= 4 is 28.0 Å². The molecule has 0 amide bonds. The molecule has 2 unspecified atom stereocenters. The van der Waals surface area contributed by atoms with Crippen LogP contribution in [0.4, 0.5) is 0 Å². The van der Waals surface area contributed by atoms with Crippen LogP contribution in [0, 0.1) is 5.41 Å². The van der Waals surface area contributed by atoms with Gasteiger partial charge in [-0.15, -0.1) is 0 Å². The molecule has 234 valence electrons. The molecule has 1 rings (SSSR count). The van der Waals surface area contributed by atoms with Gasteiger partial charge in [0, 0.05) is 6.42 Å². The van der Waals surface area contributed by atoms with Gasteiger partial charge in [0.2, 0.25) is 0 Å². The van der Waals surface area contributed by atoms with Crippen LogP contribution in [0.15, 0.2) is 0 Å². The quantitative estimate of drug-likeness (QED) is 0.0617. The van der Waals surface area contributed by atoms with Gasteiger partial charge in [-0.1, -0.05) is 110 Å². The number of hydrogen-bond donors (Lipinski definition) is 1. The number of cyclic esters (lactones) is 2. The van der Waals surface area contributed by atoms with E-state index < -0.39 is 71.5 Å². The van der Waals surface area contributed by atoms with E-state index in [2.05, 4.69) is 6.92 Å². The molecule has 0 aromatic carbocycles. The number of aliphatic hydroxyl groups is 1. The van der Waals surface area contributed by atoms with Crippen molar-refractivity contribution in [1.82, 2.24) is 0 Å². The fourth-order valence-corrected chi connectivity index (χ4v) is 5.27. The SMILES string of the molecule is CCCCCCCCCCCCCCCCCCCC(=O)OCC1(CO)COC(=O)CC(S(=O)(=O)[O-])C(=O)OC1.[K+]. The van der Waals surface area contributed by atoms with Crippen LogP contribution in [0.2, 0.25) is 0 Å². The summed E-state index contributed by atoms with van der Waals surface area (Å²) in [6, 6.07) is 0. The summed E-state index contributed by atoms with van der Waals surface area (Å²) in [6.45, 7) is 0.159. The fraction of sp³-hybridized carbons (Fsp3) is 0.897. The first-order chi connectivity index (χ1) is 19.1. The van der Waals surface area contributed by atoms with Gasteiger partial charge < -0.3 is 23.9 Å². The molecular formula is C29H51KO10S. The first kappa shape index (κ1) is 40.9. The van der Waals surface area contributed by atoms with Gasteiger partial charge in [0.05, 0.1) is 18.4 Å². The summed E-state index contributed by atoms with van der Waals surface area (Å²) in [5.41, 5.74) is -1.45. The van der Waals surface area contributed by atoms with E-state index in [-0.39, 0.29) is 57.8 Å². The molecule has 12 heteroatoms. The van der Waals surface area contributed by atoms with Crippen LogP contribution >= 0.6 is 0 Å². The molecule has 1 fully saturated rings. The van der Waals surface area contributed by atoms with E-state index in [1.165, 1.54) is 83.5 Å². The van der Waals surface area contributed by atoms with Crippen molar-refractivity contribution in [1.29, 1.82) is 0 Å². The Morgan fingerprint density at radius 1 is 0.854 bits per heavy atom. The zero-order chi connectivity index (χ0) is 29.7. The molecule has 1 heterocycles. The topological polar surface area (TPSA) is 156 Å². The smallest absolute Gasteiger partial charge is 0.747 e. The van der Waals surface area contributed by atoms with Crippen molar-refractivity contribution in [3.63, 3.8) is 0 Å². The van der Waals surface area contributed by atoms with E-state index in [4.69, 9.17) is 14.2 Å². The fourth-order valence-electron chi connectivity index (χ4n) is 4.63. The number of ether oxygens (including phenoxy) is 3. The predicted molar refractivity (Wildman–Crippen MR) is 149 cm³/mol. The van der Waals surface area contributed by atoms with Crippen molar-refractivity contribution in [3.8, 4) is 0 Å². The van der Waals surface area contributed by atoms with E-state index >= 15 is 0 Å². The van der Waals surface area contributed by atoms with Gasteiger partial charge >= 0.3 is 69.3 Å². The third kappa shape index (κ3) is 19.7. The maximum atomic E-state index is 12.2. The molecule has 0 saturated carbocycles. The number of carbonyl (C=O) groups is 3. The summed E-state index contributed by atoms with van der Waals surface area (Å²) < 4.78 is 48.9. The molecular weight excluding hydrogens is 579 g/mol. The third-order valence-corrected chi connectivity index (χ3v) is 8.44. The molecule has 41 heavy (non-hydrogen) atoms. The van der Waals surface area contributed by atoms with Crippen molar-refractivity contribution < 1.29 is 98.1 Å². The van der Waals surface area contributed by atoms with Crippen molar-refractivity contribution in [2.75, 3.05) is 26.4 Å². The Kier molecular flexibility index (Phi) is 24.2. The van der Waals surface area contributed by atoms with Gasteiger partial charge in [-0.05, 0) is 6.42 Å². The van der Waals surface area contributed by atoms with Gasteiger partial charge in [-0.3, -0.25) is 14.4 Å². The number of unbranched alkanes of at least 4 members (excludes halogenated alkanes) is 16. The molecule has 1 N–H and O–H groups in total. The third-order valence-electron chi connectivity index (χ3n) is 7.38. The van der Waals surface area contributed by atoms with Crippen molar-refractivity contribution in [2.45, 2.75) is 134 Å². The number of aliphatic hydroxyl groups excluding tert-OH is 1. The first-order valence-electron chi connectivity index (χ1n) is 15.2. The molecule has 1 aliphatic rings. The van der Waals surface area contributed by atoms with Gasteiger partial charge in [0.25, 0.3) is 0 Å². The van der Waals surface area contributed by atoms with Gasteiger partial charge in [0.15, 0.2) is 5.25 Å². The number of carbonyl (C=O) groups excluding carboxylic acids is 3. The van der Waals surface area contributed by atoms with Gasteiger partial charge in [-0.25, -0.2) is 8.42 Å². The van der Waals surface area contributed by atoms with Crippen LogP contribution in [0.5, 0.6) is 0 Å². The summed E-state index contributed by atoms with van der Waals surface area (Å²) in [5.74, 6) is -3.00. The summed E-state index contributed by atoms with van der Waals surface area (Å²) in [7, 11) is -5.14. The Morgan fingerprint density at radius 3 is 1.73 bits per heavy atom. The molecule has 0 radical (unpaired) electrons. The Morgan fingerprint density at radius 2 is 1.29 bits per heavy atom. The number of esters is 3. The first-order valence-corrected chi connectivity index (χ1v) is 16.6. The van der Waals surface area contributed by atoms with E-state index in [1.807, 2.05) is 0 Å². The second-order valence-electron chi connectivity index (χ2n) is 11.2. The Hall–Kier alpha value is -0.0836. The number of hydrogen-bond acceptors (Lipinski definition) is 10. The van der Waals surface area contributed by atoms with E-state index in [0.29, 0.717) is 6.42 Å². The van der Waals surface area contributed by atoms with Crippen molar-refractivity contribution in [3.05, 3.63) is 0 Å². The molecule has 2 atom stereocenters. The zero-order valence-corrected chi connectivity index (χ0v) is 29.3. The normalized spacial score (nSPS) is 19.7. The molecule has 0 spiro atoms. The standard InChI is InChI=1S/C29H52O10S.K/c1-2-3-4-5-6-7-8-9-10-11-12-13-14-15-16-17-18-19-26(31)37-22-29(21-30)23-38-27(32)20-25(40(34,35)36)28(33)39-24-29;/h25,30H,2-24H2,1H3,(H,34,35,36);/q;+1/p-1. The minimum atomic E-state index is -5.14. The van der Waals surface area contributed by atoms with Crippen LogP contribution in [0.3, 0.4) is 0 Å². The summed E-state index contributed by atoms with van der Waals surface area (Å²) in [4.78, 5) is 36.1. The monoisotopic (exact) mass is 630 g/mol. The van der Waals surface area contributed by atoms with E-state index in [0.717, 1.165) is 19.3 Å². The average molecular weight is 631 g/mol. The minimum absolute atomic E-state index is 0. The maximum Gasteiger partial charge on any atom is 1.00 e. The maximum absolute atomic E-state index is 12.2. The van der Waals surface area contributed by atoms with Crippen LogP contribution in [0.25, 0.3) is 0 Å². The molecule has 0 aromatic heterocycles. The molecule has 1 aliphatic heterocycles. The zero-order valence-electron chi connectivity index (χ0n) is 25.4. The van der Waals surface area contributed by atoms with Crippen LogP contribution < -0.4 is 51.4 Å². The predicted octanol–water partition coefficient (Wildman–Crippen LogP) is 1.96. The molecule has 0 aliphatic carbocycles. The average Bonchev–Trinajstić information content (AvgIpc) is 2.98. The second kappa shape index (κ2) is 24.3. The van der Waals surface area contributed by atoms with Gasteiger partial charge in [0.1, 0.15) is 29.9 Å². The van der Waals surface area contributed by atoms with Crippen LogP contribution in [0.1, 0.15) is 129 Å². The minimum Gasteiger partial charge on any atom is -0.747 e. The Balaban J connectivity index is 0.0000160. The molecule has 1 saturated heterocycles. The van der Waals surface area contributed by atoms with E-state index in [1.54, 1.807) is 0 Å². The molecule has 0 aromatic rings. The summed E-state index contributed by atoms with van der Waals surface area (Å²) in [6.07, 6.45) is 20.3. The summed E-state index contributed by atoms with van der Waals surface area (Å²) >= 11 is 0. The number of rotatable bonds is 22. The van der Waals surface area contributed by atoms with Crippen LogP contribution in [-0.2, 0) is 38.7 Å². The van der Waals surface area contributed by atoms with Crippen molar-refractivity contribution in [2.24, 2.45) is 5.41 Å². The molecule has 10 nitrogen and oxygen atoms in total. The largest absolute Gasteiger partial charge is 1.00 e. The Bertz CT molecular complexity index is 835. The second-order valence-corrected chi connectivity index (χ2v) is 12.7. The summed E-state index contributed by atoms with van der Waals surface area (Å²) in [5, 5.41) is 7.61.